The number of anilines is 1. The number of benzene rings is 1. The van der Waals surface area contributed by atoms with Crippen LogP contribution in [-0.4, -0.2) is 24.4 Å². The van der Waals surface area contributed by atoms with E-state index in [4.69, 9.17) is 0 Å². The largest absolute Gasteiger partial charge is 0.349 e. The minimum Gasteiger partial charge on any atom is -0.349 e. The molecule has 1 N–H and O–H groups in total. The fourth-order valence-corrected chi connectivity index (χ4v) is 6.22. The Morgan fingerprint density at radius 3 is 2.80 bits per heavy atom. The Morgan fingerprint density at radius 2 is 1.96 bits per heavy atom. The quantitative estimate of drug-likeness (QED) is 0.919. The Hall–Kier alpha value is -1.84. The Bertz CT molecular complexity index is 716. The molecule has 1 saturated heterocycles. The van der Waals surface area contributed by atoms with E-state index in [1.165, 1.54) is 32.1 Å². The average molecular weight is 338 g/mol. The van der Waals surface area contributed by atoms with E-state index in [2.05, 4.69) is 5.32 Å². The Labute approximate surface area is 149 Å². The molecule has 4 aliphatic rings. The fourth-order valence-electron chi connectivity index (χ4n) is 6.22. The van der Waals surface area contributed by atoms with Gasteiger partial charge in [-0.3, -0.25) is 9.59 Å². The van der Waals surface area contributed by atoms with Crippen molar-refractivity contribution in [2.75, 3.05) is 11.4 Å². The summed E-state index contributed by atoms with van der Waals surface area (Å²) < 4.78 is 0. The minimum atomic E-state index is 0.0283. The van der Waals surface area contributed by atoms with E-state index in [1.807, 2.05) is 24.3 Å². The van der Waals surface area contributed by atoms with Crippen LogP contribution in [0.3, 0.4) is 0 Å². The molecule has 4 fully saturated rings. The molecule has 5 unspecified atom stereocenters. The number of fused-ring (bicyclic) bond motifs is 5. The highest BCUT2D eigenvalue weighted by Gasteiger charge is 2.54. The maximum Gasteiger partial charge on any atom is 0.251 e. The molecular formula is C21H26N2O2. The molecule has 5 rings (SSSR count). The Morgan fingerprint density at radius 1 is 1.08 bits per heavy atom. The summed E-state index contributed by atoms with van der Waals surface area (Å²) in [7, 11) is 0. The minimum absolute atomic E-state index is 0.0283. The third-order valence-electron chi connectivity index (χ3n) is 7.24. The standard InChI is InChI=1S/C21H26N2O2/c24-20-8-3-9-23(20)15-5-1-4-13(10-15)21(25)22-19-12-14-11-18(19)17-7-2-6-16(14)17/h1,4-5,10,14,16-19H,2-3,6-9,11-12H2,(H,22,25). The highest BCUT2D eigenvalue weighted by atomic mass is 16.2. The van der Waals surface area contributed by atoms with Crippen molar-refractivity contribution in [3.63, 3.8) is 0 Å². The number of carbonyl (C=O) groups excluding carboxylic acids is 2. The van der Waals surface area contributed by atoms with E-state index in [0.29, 0.717) is 23.9 Å². The summed E-state index contributed by atoms with van der Waals surface area (Å²) in [4.78, 5) is 26.6. The topological polar surface area (TPSA) is 49.4 Å². The predicted octanol–water partition coefficient (Wildman–Crippen LogP) is 3.37. The molecule has 3 saturated carbocycles. The van der Waals surface area contributed by atoms with E-state index in [-0.39, 0.29) is 11.8 Å². The highest BCUT2D eigenvalue weighted by molar-refractivity contribution is 5.99. The zero-order chi connectivity index (χ0) is 17.0. The van der Waals surface area contributed by atoms with E-state index in [1.54, 1.807) is 4.90 Å². The zero-order valence-corrected chi connectivity index (χ0v) is 14.6. The first kappa shape index (κ1) is 15.4. The molecular weight excluding hydrogens is 312 g/mol. The number of nitrogens with zero attached hydrogens (tertiary/aromatic N) is 1. The molecule has 25 heavy (non-hydrogen) atoms. The lowest BCUT2D eigenvalue weighted by molar-refractivity contribution is -0.117. The van der Waals surface area contributed by atoms with Crippen LogP contribution in [0.4, 0.5) is 5.69 Å². The van der Waals surface area contributed by atoms with Crippen molar-refractivity contribution in [2.24, 2.45) is 23.7 Å². The third-order valence-corrected chi connectivity index (χ3v) is 7.24. The van der Waals surface area contributed by atoms with Crippen LogP contribution in [0.5, 0.6) is 0 Å². The molecule has 1 aromatic carbocycles. The van der Waals surface area contributed by atoms with Gasteiger partial charge in [0.25, 0.3) is 5.91 Å². The van der Waals surface area contributed by atoms with Crippen molar-refractivity contribution in [1.29, 1.82) is 0 Å². The number of hydrogen-bond acceptors (Lipinski definition) is 2. The maximum atomic E-state index is 12.8. The SMILES string of the molecule is O=C(NC1CC2CC1C1CCCC21)c1cccc(N2CCCC2=O)c1. The third kappa shape index (κ3) is 2.49. The van der Waals surface area contributed by atoms with E-state index in [9.17, 15) is 9.59 Å². The summed E-state index contributed by atoms with van der Waals surface area (Å²) >= 11 is 0. The molecule has 0 radical (unpaired) electrons. The van der Waals surface area contributed by atoms with Crippen LogP contribution in [0.1, 0.15) is 55.3 Å². The van der Waals surface area contributed by atoms with Crippen LogP contribution < -0.4 is 10.2 Å². The molecule has 132 valence electrons. The second-order valence-corrected chi connectivity index (χ2v) is 8.43. The molecule has 3 aliphatic carbocycles. The molecule has 2 amide bonds. The van der Waals surface area contributed by atoms with Crippen LogP contribution in [0.15, 0.2) is 24.3 Å². The average Bonchev–Trinajstić information content (AvgIpc) is 3.36. The number of rotatable bonds is 3. The molecule has 5 atom stereocenters. The lowest BCUT2D eigenvalue weighted by Gasteiger charge is -2.32. The number of hydrogen-bond donors (Lipinski definition) is 1. The molecule has 1 aromatic rings. The molecule has 4 heteroatoms. The van der Waals surface area contributed by atoms with Gasteiger partial charge in [0.1, 0.15) is 0 Å². The van der Waals surface area contributed by atoms with Gasteiger partial charge in [-0.05, 0) is 74.0 Å². The molecule has 2 bridgehead atoms. The number of amides is 2. The second-order valence-electron chi connectivity index (χ2n) is 8.43. The summed E-state index contributed by atoms with van der Waals surface area (Å²) in [6.45, 7) is 0.763. The van der Waals surface area contributed by atoms with Crippen molar-refractivity contribution in [3.8, 4) is 0 Å². The normalized spacial score (nSPS) is 36.1. The summed E-state index contributed by atoms with van der Waals surface area (Å²) in [5.74, 6) is 3.54. The van der Waals surface area contributed by atoms with Gasteiger partial charge in [0.15, 0.2) is 0 Å². The van der Waals surface area contributed by atoms with E-state index in [0.717, 1.165) is 36.4 Å². The van der Waals surface area contributed by atoms with Gasteiger partial charge >= 0.3 is 0 Å². The van der Waals surface area contributed by atoms with E-state index < -0.39 is 0 Å². The van der Waals surface area contributed by atoms with Crippen molar-refractivity contribution in [2.45, 2.75) is 51.0 Å². The molecule has 0 spiro atoms. The van der Waals surface area contributed by atoms with Crippen molar-refractivity contribution >= 4 is 17.5 Å². The fraction of sp³-hybridized carbons (Fsp3) is 0.619. The first-order valence-electron chi connectivity index (χ1n) is 9.92. The molecule has 0 aromatic heterocycles. The number of nitrogens with one attached hydrogen (secondary N) is 1. The first-order chi connectivity index (χ1) is 12.2. The highest BCUT2D eigenvalue weighted by Crippen LogP contribution is 2.58. The van der Waals surface area contributed by atoms with Crippen LogP contribution in [0, 0.1) is 23.7 Å². The van der Waals surface area contributed by atoms with Crippen molar-refractivity contribution < 1.29 is 9.59 Å². The summed E-state index contributed by atoms with van der Waals surface area (Å²) in [6.07, 6.45) is 8.18. The molecule has 1 heterocycles. The molecule has 1 aliphatic heterocycles. The van der Waals surface area contributed by atoms with Crippen molar-refractivity contribution in [3.05, 3.63) is 29.8 Å². The maximum absolute atomic E-state index is 12.8. The lowest BCUT2D eigenvalue weighted by atomic mass is 9.79. The van der Waals surface area contributed by atoms with Gasteiger partial charge in [-0.25, -0.2) is 0 Å². The zero-order valence-electron chi connectivity index (χ0n) is 14.6. The van der Waals surface area contributed by atoms with Gasteiger partial charge in [-0.15, -0.1) is 0 Å². The van der Waals surface area contributed by atoms with Crippen molar-refractivity contribution in [1.82, 2.24) is 5.32 Å². The van der Waals surface area contributed by atoms with Crippen LogP contribution in [0.2, 0.25) is 0 Å². The second kappa shape index (κ2) is 5.86. The van der Waals surface area contributed by atoms with Gasteiger partial charge in [0, 0.05) is 30.3 Å². The Balaban J connectivity index is 1.30. The van der Waals surface area contributed by atoms with Gasteiger partial charge in [0.05, 0.1) is 0 Å². The summed E-state index contributed by atoms with van der Waals surface area (Å²) in [5, 5.41) is 3.33. The summed E-state index contributed by atoms with van der Waals surface area (Å²) in [6, 6.07) is 7.92. The summed E-state index contributed by atoms with van der Waals surface area (Å²) in [5.41, 5.74) is 1.54. The monoisotopic (exact) mass is 338 g/mol. The van der Waals surface area contributed by atoms with Crippen LogP contribution in [-0.2, 0) is 4.79 Å². The van der Waals surface area contributed by atoms with Gasteiger partial charge in [-0.2, -0.15) is 0 Å². The van der Waals surface area contributed by atoms with Gasteiger partial charge < -0.3 is 10.2 Å². The van der Waals surface area contributed by atoms with Crippen LogP contribution >= 0.6 is 0 Å². The lowest BCUT2D eigenvalue weighted by Crippen LogP contribution is -2.42. The first-order valence-corrected chi connectivity index (χ1v) is 9.92. The van der Waals surface area contributed by atoms with Gasteiger partial charge in [0.2, 0.25) is 5.91 Å². The predicted molar refractivity (Wildman–Crippen MR) is 96.3 cm³/mol. The van der Waals surface area contributed by atoms with E-state index >= 15 is 0 Å². The van der Waals surface area contributed by atoms with Crippen LogP contribution in [0.25, 0.3) is 0 Å². The smallest absolute Gasteiger partial charge is 0.251 e. The molecule has 4 nitrogen and oxygen atoms in total. The van der Waals surface area contributed by atoms with Gasteiger partial charge in [-0.1, -0.05) is 12.5 Å². The Kier molecular flexibility index (Phi) is 3.61. The number of carbonyl (C=O) groups is 2.